The normalized spacial score (nSPS) is 43.2. The van der Waals surface area contributed by atoms with Crippen molar-refractivity contribution in [3.63, 3.8) is 0 Å². The molecular weight excluding hydrogens is 388 g/mol. The van der Waals surface area contributed by atoms with Crippen molar-refractivity contribution in [3.8, 4) is 5.75 Å². The third-order valence-electron chi connectivity index (χ3n) is 10.6. The lowest BCUT2D eigenvalue weighted by Crippen LogP contribution is -2.67. The molecule has 3 aliphatic carbocycles. The van der Waals surface area contributed by atoms with Crippen LogP contribution in [0.5, 0.6) is 5.75 Å². The fraction of sp³-hybridized carbons (Fsp3) is 0.741. The minimum atomic E-state index is -0.542. The fourth-order valence-corrected chi connectivity index (χ4v) is 8.62. The standard InChI is InChI=1S/C27H38O4/c1-15-8-9-20-25(6)12-11-21(28)24(4,5)19(25)10-13-26(20,7)27(15)14-18-22(31-27)16(2)17(3)30-23(18)29/h19-21,28H,1,8-14H2,2-7H3. The van der Waals surface area contributed by atoms with Gasteiger partial charge in [0.2, 0.25) is 0 Å². The molecule has 1 aromatic rings. The quantitative estimate of drug-likeness (QED) is 0.557. The zero-order valence-corrected chi connectivity index (χ0v) is 20.1. The maximum atomic E-state index is 12.8. The Morgan fingerprint density at radius 1 is 1.03 bits per heavy atom. The van der Waals surface area contributed by atoms with E-state index in [1.807, 2.05) is 13.8 Å². The molecule has 1 aliphatic heterocycles. The van der Waals surface area contributed by atoms with Crippen LogP contribution in [0.4, 0.5) is 0 Å². The fourth-order valence-electron chi connectivity index (χ4n) is 8.62. The van der Waals surface area contributed by atoms with E-state index in [1.165, 1.54) is 0 Å². The molecule has 3 saturated carbocycles. The number of ether oxygens (including phenoxy) is 1. The molecule has 0 bridgehead atoms. The van der Waals surface area contributed by atoms with Crippen LogP contribution in [0, 0.1) is 41.9 Å². The van der Waals surface area contributed by atoms with E-state index in [1.54, 1.807) is 0 Å². The smallest absolute Gasteiger partial charge is 0.343 e. The number of aryl methyl sites for hydroxylation is 1. The zero-order valence-electron chi connectivity index (χ0n) is 20.1. The van der Waals surface area contributed by atoms with Gasteiger partial charge in [0, 0.05) is 17.4 Å². The van der Waals surface area contributed by atoms with Crippen molar-refractivity contribution in [1.29, 1.82) is 0 Å². The summed E-state index contributed by atoms with van der Waals surface area (Å²) in [5.74, 6) is 2.34. The second-order valence-corrected chi connectivity index (χ2v) is 12.1. The summed E-state index contributed by atoms with van der Waals surface area (Å²) in [4.78, 5) is 12.8. The molecular formula is C27H38O4. The Bertz CT molecular complexity index is 1020. The van der Waals surface area contributed by atoms with Gasteiger partial charge in [0.15, 0.2) is 0 Å². The highest BCUT2D eigenvalue weighted by Gasteiger charge is 2.69. The van der Waals surface area contributed by atoms with Gasteiger partial charge in [0.25, 0.3) is 0 Å². The maximum absolute atomic E-state index is 12.8. The van der Waals surface area contributed by atoms with Crippen molar-refractivity contribution in [2.45, 2.75) is 98.2 Å². The first-order valence-corrected chi connectivity index (χ1v) is 12.1. The molecule has 4 heteroatoms. The van der Waals surface area contributed by atoms with Crippen LogP contribution in [0.15, 0.2) is 21.4 Å². The van der Waals surface area contributed by atoms with Crippen LogP contribution < -0.4 is 10.4 Å². The summed E-state index contributed by atoms with van der Waals surface area (Å²) < 4.78 is 12.4. The van der Waals surface area contributed by atoms with Crippen LogP contribution in [-0.2, 0) is 6.42 Å². The number of rotatable bonds is 0. The summed E-state index contributed by atoms with van der Waals surface area (Å²) in [5.41, 5.74) is 1.94. The Morgan fingerprint density at radius 2 is 1.74 bits per heavy atom. The third kappa shape index (κ3) is 2.43. The average Bonchev–Trinajstić information content (AvgIpc) is 3.11. The van der Waals surface area contributed by atoms with Crippen molar-refractivity contribution in [3.05, 3.63) is 39.5 Å². The molecule has 6 atom stereocenters. The molecule has 4 aliphatic rings. The molecule has 2 heterocycles. The SMILES string of the molecule is C=C1CCC2C3(C)CCC(O)C(C)(C)C3CCC2(C)C12Cc1c(c(C)c(C)oc1=O)O2. The molecule has 0 radical (unpaired) electrons. The maximum Gasteiger partial charge on any atom is 0.343 e. The third-order valence-corrected chi connectivity index (χ3v) is 10.6. The largest absolute Gasteiger partial charge is 0.481 e. The first-order valence-electron chi connectivity index (χ1n) is 12.1. The first kappa shape index (κ1) is 21.3. The second-order valence-electron chi connectivity index (χ2n) is 12.1. The van der Waals surface area contributed by atoms with E-state index in [0.717, 1.165) is 55.4 Å². The predicted octanol–water partition coefficient (Wildman–Crippen LogP) is 5.50. The summed E-state index contributed by atoms with van der Waals surface area (Å²) in [5, 5.41) is 10.8. The summed E-state index contributed by atoms with van der Waals surface area (Å²) >= 11 is 0. The van der Waals surface area contributed by atoms with Gasteiger partial charge in [-0.25, -0.2) is 4.79 Å². The highest BCUT2D eigenvalue weighted by atomic mass is 16.5. The second kappa shape index (κ2) is 6.27. The van der Waals surface area contributed by atoms with Gasteiger partial charge in [-0.1, -0.05) is 34.3 Å². The Morgan fingerprint density at radius 3 is 2.45 bits per heavy atom. The van der Waals surface area contributed by atoms with Crippen LogP contribution >= 0.6 is 0 Å². The van der Waals surface area contributed by atoms with Crippen LogP contribution in [0.1, 0.15) is 83.1 Å². The van der Waals surface area contributed by atoms with E-state index < -0.39 is 5.60 Å². The molecule has 6 unspecified atom stereocenters. The van der Waals surface area contributed by atoms with Crippen molar-refractivity contribution in [2.24, 2.45) is 28.1 Å². The van der Waals surface area contributed by atoms with E-state index in [4.69, 9.17) is 9.15 Å². The highest BCUT2D eigenvalue weighted by Crippen LogP contribution is 2.71. The molecule has 0 saturated heterocycles. The van der Waals surface area contributed by atoms with Gasteiger partial charge < -0.3 is 14.3 Å². The van der Waals surface area contributed by atoms with Crippen molar-refractivity contribution in [2.75, 3.05) is 0 Å². The lowest BCUT2D eigenvalue weighted by atomic mass is 9.38. The highest BCUT2D eigenvalue weighted by molar-refractivity contribution is 5.49. The van der Waals surface area contributed by atoms with Gasteiger partial charge in [-0.15, -0.1) is 0 Å². The summed E-state index contributed by atoms with van der Waals surface area (Å²) in [7, 11) is 0. The van der Waals surface area contributed by atoms with E-state index >= 15 is 0 Å². The molecule has 0 aromatic carbocycles. The minimum Gasteiger partial charge on any atom is -0.481 e. The van der Waals surface area contributed by atoms with Gasteiger partial charge >= 0.3 is 5.63 Å². The Labute approximate surface area is 186 Å². The number of aliphatic hydroxyl groups is 1. The molecule has 31 heavy (non-hydrogen) atoms. The van der Waals surface area contributed by atoms with Gasteiger partial charge in [-0.05, 0) is 80.6 Å². The predicted molar refractivity (Wildman–Crippen MR) is 121 cm³/mol. The Hall–Kier alpha value is -1.55. The number of hydrogen-bond acceptors (Lipinski definition) is 4. The summed E-state index contributed by atoms with van der Waals surface area (Å²) in [6.45, 7) is 17.8. The topological polar surface area (TPSA) is 59.7 Å². The van der Waals surface area contributed by atoms with Gasteiger partial charge in [-0.3, -0.25) is 0 Å². The monoisotopic (exact) mass is 426 g/mol. The minimum absolute atomic E-state index is 0.0792. The molecule has 1 N–H and O–H groups in total. The molecule has 0 amide bonds. The zero-order chi connectivity index (χ0) is 22.6. The first-order chi connectivity index (χ1) is 14.4. The van der Waals surface area contributed by atoms with Crippen LogP contribution in [0.3, 0.4) is 0 Å². The van der Waals surface area contributed by atoms with Crippen molar-refractivity contribution < 1.29 is 14.3 Å². The summed E-state index contributed by atoms with van der Waals surface area (Å²) in [6, 6.07) is 0. The number of fused-ring (bicyclic) bond motifs is 5. The van der Waals surface area contributed by atoms with Crippen LogP contribution in [-0.4, -0.2) is 16.8 Å². The van der Waals surface area contributed by atoms with E-state index in [0.29, 0.717) is 29.6 Å². The van der Waals surface area contributed by atoms with E-state index in [2.05, 4.69) is 34.3 Å². The molecule has 1 spiro atoms. The van der Waals surface area contributed by atoms with Crippen molar-refractivity contribution >= 4 is 0 Å². The van der Waals surface area contributed by atoms with Crippen molar-refractivity contribution in [1.82, 2.24) is 0 Å². The molecule has 170 valence electrons. The van der Waals surface area contributed by atoms with E-state index in [9.17, 15) is 9.90 Å². The summed E-state index contributed by atoms with van der Waals surface area (Å²) in [6.07, 6.45) is 6.42. The number of hydrogen-bond donors (Lipinski definition) is 1. The average molecular weight is 427 g/mol. The van der Waals surface area contributed by atoms with Crippen LogP contribution in [0.2, 0.25) is 0 Å². The Kier molecular flexibility index (Phi) is 4.31. The lowest BCUT2D eigenvalue weighted by molar-refractivity contribution is -0.211. The van der Waals surface area contributed by atoms with Gasteiger partial charge in [0.05, 0.1) is 11.7 Å². The van der Waals surface area contributed by atoms with Gasteiger partial charge in [0.1, 0.15) is 17.1 Å². The van der Waals surface area contributed by atoms with Crippen LogP contribution in [0.25, 0.3) is 0 Å². The van der Waals surface area contributed by atoms with Gasteiger partial charge in [-0.2, -0.15) is 0 Å². The van der Waals surface area contributed by atoms with E-state index in [-0.39, 0.29) is 28.0 Å². The molecule has 1 aromatic heterocycles. The Balaban J connectivity index is 1.63. The lowest BCUT2D eigenvalue weighted by Gasteiger charge is -2.68. The molecule has 4 nitrogen and oxygen atoms in total. The number of aliphatic hydroxyl groups excluding tert-OH is 1. The molecule has 3 fully saturated rings. The molecule has 5 rings (SSSR count).